The van der Waals surface area contributed by atoms with Gasteiger partial charge in [-0.3, -0.25) is 0 Å². The van der Waals surface area contributed by atoms with Crippen molar-refractivity contribution < 1.29 is 4.74 Å². The molecule has 1 aromatic rings. The largest absolute Gasteiger partial charge is 0.374 e. The molecule has 0 aromatic heterocycles. The molecule has 0 saturated carbocycles. The Morgan fingerprint density at radius 2 is 1.95 bits per heavy atom. The van der Waals surface area contributed by atoms with Crippen LogP contribution >= 0.6 is 0 Å². The number of hydrogen-bond acceptors (Lipinski definition) is 2. The maximum Gasteiger partial charge on any atom is 0.0810 e. The fraction of sp³-hybridized carbons (Fsp3) is 0.684. The van der Waals surface area contributed by atoms with Crippen LogP contribution in [0.25, 0.3) is 0 Å². The summed E-state index contributed by atoms with van der Waals surface area (Å²) in [6.45, 7) is 11.0. The van der Waals surface area contributed by atoms with Crippen LogP contribution in [0.3, 0.4) is 0 Å². The molecule has 0 amide bonds. The van der Waals surface area contributed by atoms with Crippen molar-refractivity contribution >= 4 is 0 Å². The third kappa shape index (κ3) is 4.31. The summed E-state index contributed by atoms with van der Waals surface area (Å²) in [5.74, 6) is 0.601. The molecule has 1 heterocycles. The summed E-state index contributed by atoms with van der Waals surface area (Å²) >= 11 is 0. The maximum atomic E-state index is 6.07. The molecule has 2 nitrogen and oxygen atoms in total. The summed E-state index contributed by atoms with van der Waals surface area (Å²) < 4.78 is 6.07. The predicted octanol–water partition coefficient (Wildman–Crippen LogP) is 4.29. The van der Waals surface area contributed by atoms with Crippen LogP contribution in [0.2, 0.25) is 0 Å². The Hall–Kier alpha value is -0.860. The van der Waals surface area contributed by atoms with E-state index in [1.165, 1.54) is 30.4 Å². The van der Waals surface area contributed by atoms with E-state index in [2.05, 4.69) is 57.3 Å². The van der Waals surface area contributed by atoms with Crippen LogP contribution < -0.4 is 5.32 Å². The second kappa shape index (κ2) is 7.42. The van der Waals surface area contributed by atoms with Gasteiger partial charge >= 0.3 is 0 Å². The molecule has 2 unspecified atom stereocenters. The molecular formula is C19H31NO. The molecule has 2 atom stereocenters. The van der Waals surface area contributed by atoms with E-state index in [4.69, 9.17) is 4.74 Å². The lowest BCUT2D eigenvalue weighted by Crippen LogP contribution is -2.50. The minimum atomic E-state index is -0.00805. The molecule has 1 fully saturated rings. The van der Waals surface area contributed by atoms with Crippen molar-refractivity contribution in [2.24, 2.45) is 0 Å². The van der Waals surface area contributed by atoms with E-state index in [0.29, 0.717) is 12.0 Å². The highest BCUT2D eigenvalue weighted by Gasteiger charge is 2.37. The minimum absolute atomic E-state index is 0.00805. The average molecular weight is 289 g/mol. The zero-order chi connectivity index (χ0) is 15.3. The molecule has 2 rings (SSSR count). The van der Waals surface area contributed by atoms with E-state index >= 15 is 0 Å². The van der Waals surface area contributed by atoms with Crippen LogP contribution in [-0.4, -0.2) is 24.8 Å². The van der Waals surface area contributed by atoms with Crippen LogP contribution in [0, 0.1) is 0 Å². The molecule has 0 aliphatic carbocycles. The Kier molecular flexibility index (Phi) is 5.83. The van der Waals surface area contributed by atoms with Gasteiger partial charge in [0.25, 0.3) is 0 Å². The molecule has 1 aromatic carbocycles. The van der Waals surface area contributed by atoms with Gasteiger partial charge in [0.05, 0.1) is 5.60 Å². The Balaban J connectivity index is 2.07. The van der Waals surface area contributed by atoms with Crippen molar-refractivity contribution in [1.82, 2.24) is 5.32 Å². The lowest BCUT2D eigenvalue weighted by atomic mass is 9.87. The molecular weight excluding hydrogens is 258 g/mol. The summed E-state index contributed by atoms with van der Waals surface area (Å²) in [5.41, 5.74) is 2.82. The van der Waals surface area contributed by atoms with E-state index in [9.17, 15) is 0 Å². The smallest absolute Gasteiger partial charge is 0.0810 e. The van der Waals surface area contributed by atoms with Crippen LogP contribution in [-0.2, 0) is 11.2 Å². The van der Waals surface area contributed by atoms with Gasteiger partial charge in [-0.05, 0) is 56.2 Å². The van der Waals surface area contributed by atoms with Gasteiger partial charge in [-0.2, -0.15) is 0 Å². The molecule has 1 aliphatic heterocycles. The highest BCUT2D eigenvalue weighted by atomic mass is 16.5. The van der Waals surface area contributed by atoms with E-state index in [1.807, 2.05) is 0 Å². The number of hydrogen-bond donors (Lipinski definition) is 1. The monoisotopic (exact) mass is 289 g/mol. The molecule has 118 valence electrons. The second-order valence-corrected chi connectivity index (χ2v) is 6.87. The van der Waals surface area contributed by atoms with Gasteiger partial charge in [-0.15, -0.1) is 0 Å². The zero-order valence-electron chi connectivity index (χ0n) is 14.1. The third-order valence-electron chi connectivity index (χ3n) is 4.71. The van der Waals surface area contributed by atoms with Crippen LogP contribution in [0.5, 0.6) is 0 Å². The number of benzene rings is 1. The first-order valence-electron chi connectivity index (χ1n) is 8.51. The van der Waals surface area contributed by atoms with Gasteiger partial charge < -0.3 is 10.1 Å². The molecule has 21 heavy (non-hydrogen) atoms. The number of nitrogens with one attached hydrogen (secondary N) is 1. The average Bonchev–Trinajstić information content (AvgIpc) is 2.92. The zero-order valence-corrected chi connectivity index (χ0v) is 14.1. The third-order valence-corrected chi connectivity index (χ3v) is 4.71. The first kappa shape index (κ1) is 16.5. The van der Waals surface area contributed by atoms with Gasteiger partial charge in [-0.25, -0.2) is 0 Å². The van der Waals surface area contributed by atoms with Crippen molar-refractivity contribution in [3.63, 3.8) is 0 Å². The minimum Gasteiger partial charge on any atom is -0.374 e. The summed E-state index contributed by atoms with van der Waals surface area (Å²) in [7, 11) is 0. The topological polar surface area (TPSA) is 21.3 Å². The number of ether oxygens (including phenoxy) is 1. The van der Waals surface area contributed by atoms with Gasteiger partial charge in [0, 0.05) is 12.6 Å². The van der Waals surface area contributed by atoms with Gasteiger partial charge in [0.2, 0.25) is 0 Å². The quantitative estimate of drug-likeness (QED) is 0.808. The summed E-state index contributed by atoms with van der Waals surface area (Å²) in [6, 6.07) is 9.52. The maximum absolute atomic E-state index is 6.07. The summed E-state index contributed by atoms with van der Waals surface area (Å²) in [4.78, 5) is 0. The van der Waals surface area contributed by atoms with E-state index in [-0.39, 0.29) is 5.60 Å². The fourth-order valence-corrected chi connectivity index (χ4v) is 3.17. The summed E-state index contributed by atoms with van der Waals surface area (Å²) in [5, 5.41) is 3.71. The fourth-order valence-electron chi connectivity index (χ4n) is 3.17. The molecule has 1 saturated heterocycles. The van der Waals surface area contributed by atoms with Crippen molar-refractivity contribution in [3.8, 4) is 0 Å². The summed E-state index contributed by atoms with van der Waals surface area (Å²) in [6.07, 6.45) is 4.57. The molecule has 1 aliphatic rings. The van der Waals surface area contributed by atoms with Crippen LogP contribution in [0.15, 0.2) is 24.3 Å². The standard InChI is InChI=1S/C19H31NO/c1-5-12-20-18(19(4)11-6-13-21-19)14-16-7-9-17(10-8-16)15(2)3/h7-10,15,18,20H,5-6,11-14H2,1-4H3. The molecule has 0 bridgehead atoms. The molecule has 1 N–H and O–H groups in total. The number of rotatable bonds is 7. The van der Waals surface area contributed by atoms with E-state index in [0.717, 1.165) is 19.6 Å². The highest BCUT2D eigenvalue weighted by Crippen LogP contribution is 2.30. The van der Waals surface area contributed by atoms with Crippen molar-refractivity contribution in [1.29, 1.82) is 0 Å². The predicted molar refractivity (Wildman–Crippen MR) is 89.9 cm³/mol. The highest BCUT2D eigenvalue weighted by molar-refractivity contribution is 5.25. The Morgan fingerprint density at radius 1 is 1.24 bits per heavy atom. The second-order valence-electron chi connectivity index (χ2n) is 6.87. The van der Waals surface area contributed by atoms with Crippen LogP contribution in [0.4, 0.5) is 0 Å². The van der Waals surface area contributed by atoms with E-state index in [1.54, 1.807) is 0 Å². The molecule has 2 heteroatoms. The Morgan fingerprint density at radius 3 is 2.48 bits per heavy atom. The lowest BCUT2D eigenvalue weighted by Gasteiger charge is -2.34. The van der Waals surface area contributed by atoms with Crippen molar-refractivity contribution in [2.45, 2.75) is 70.9 Å². The SMILES string of the molecule is CCCNC(Cc1ccc(C(C)C)cc1)C1(C)CCCO1. The van der Waals surface area contributed by atoms with Crippen molar-refractivity contribution in [2.75, 3.05) is 13.2 Å². The Bertz CT molecular complexity index is 418. The normalized spacial score (nSPS) is 23.7. The molecule has 0 spiro atoms. The first-order chi connectivity index (χ1) is 10.0. The van der Waals surface area contributed by atoms with Gasteiger partial charge in [0.15, 0.2) is 0 Å². The van der Waals surface area contributed by atoms with Gasteiger partial charge in [0.1, 0.15) is 0 Å². The Labute approximate surface area is 130 Å². The van der Waals surface area contributed by atoms with Crippen LogP contribution in [0.1, 0.15) is 64.0 Å². The molecule has 0 radical (unpaired) electrons. The lowest BCUT2D eigenvalue weighted by molar-refractivity contribution is -0.0114. The first-order valence-corrected chi connectivity index (χ1v) is 8.51. The van der Waals surface area contributed by atoms with E-state index < -0.39 is 0 Å². The van der Waals surface area contributed by atoms with Gasteiger partial charge in [-0.1, -0.05) is 45.0 Å². The van der Waals surface area contributed by atoms with Crippen molar-refractivity contribution in [3.05, 3.63) is 35.4 Å².